The number of aliphatic imine (C=N–C) groups is 1. The van der Waals surface area contributed by atoms with Gasteiger partial charge in [0, 0.05) is 17.1 Å². The van der Waals surface area contributed by atoms with Gasteiger partial charge in [-0.3, -0.25) is 4.99 Å². The van der Waals surface area contributed by atoms with Gasteiger partial charge in [-0.2, -0.15) is 6.07 Å². The number of rotatable bonds is 5. The minimum atomic E-state index is -0.636. The van der Waals surface area contributed by atoms with Crippen molar-refractivity contribution in [2.24, 2.45) is 10.9 Å². The summed E-state index contributed by atoms with van der Waals surface area (Å²) in [6.07, 6.45) is 0. The van der Waals surface area contributed by atoms with E-state index in [4.69, 9.17) is 9.73 Å². The Balaban J connectivity index is 0.000000427. The number of hydrogen-bond acceptors (Lipinski definition) is 2. The van der Waals surface area contributed by atoms with Gasteiger partial charge in [0.2, 0.25) is 0 Å². The van der Waals surface area contributed by atoms with Gasteiger partial charge in [-0.15, -0.1) is 5.30 Å². The molecule has 4 heteroatoms. The summed E-state index contributed by atoms with van der Waals surface area (Å²) in [4.78, 5) is 4.87. The third-order valence-corrected chi connectivity index (χ3v) is 7.79. The number of benzene rings is 2. The van der Waals surface area contributed by atoms with Gasteiger partial charge in [0.1, 0.15) is 6.61 Å². The third kappa shape index (κ3) is 5.87. The molecule has 0 saturated carbocycles. The van der Waals surface area contributed by atoms with Crippen LogP contribution in [0, 0.1) is 5.92 Å². The van der Waals surface area contributed by atoms with Gasteiger partial charge in [-0.05, 0) is 24.4 Å². The van der Waals surface area contributed by atoms with Crippen LogP contribution >= 0.6 is 7.92 Å². The molecule has 0 unspecified atom stereocenters. The van der Waals surface area contributed by atoms with Crippen LogP contribution in [0.25, 0.3) is 0 Å². The molecule has 1 atom stereocenters. The molecule has 0 fully saturated rings. The molecule has 0 aromatic heterocycles. The maximum absolute atomic E-state index is 5.99. The molecular weight excluding hydrogens is 453 g/mol. The Labute approximate surface area is 203 Å². The second kappa shape index (κ2) is 12.0. The zero-order valence-corrected chi connectivity index (χ0v) is 20.4. The molecule has 0 bridgehead atoms. The molecule has 32 heavy (non-hydrogen) atoms. The van der Waals surface area contributed by atoms with E-state index in [9.17, 15) is 0 Å². The van der Waals surface area contributed by atoms with E-state index in [1.165, 1.54) is 15.9 Å². The molecule has 0 radical (unpaired) electrons. The van der Waals surface area contributed by atoms with Gasteiger partial charge in [0.25, 0.3) is 0 Å². The summed E-state index contributed by atoms with van der Waals surface area (Å²) in [7, 11) is -0.636. The zero-order valence-electron chi connectivity index (χ0n) is 18.4. The molecule has 0 aliphatic carbocycles. The smallest absolute Gasteiger partial charge is 0.157 e. The Morgan fingerprint density at radius 2 is 1.38 bits per heavy atom. The Kier molecular flexibility index (Phi) is 9.06. The number of ether oxygens (including phenoxy) is 1. The summed E-state index contributed by atoms with van der Waals surface area (Å²) in [5.41, 5.74) is 1.15. The molecule has 4 aromatic carbocycles. The average molecular weight is 481 g/mol. The second-order valence-corrected chi connectivity index (χ2v) is 10.0. The van der Waals surface area contributed by atoms with Crippen molar-refractivity contribution in [3.8, 4) is 0 Å². The minimum Gasteiger partial charge on any atom is -0.748 e. The fourth-order valence-corrected chi connectivity index (χ4v) is 6.01. The Hall–Kier alpha value is -2.44. The standard InChI is InChI=1S/C23H23NOP.C5H5.Fe/c1-17(2)21-16-25-23(24-21)20-14-9-15-22(20)26(18-10-5-3-6-11-18)19-12-7-4-8-13-19;1-2-4-5-3-1;/h3-15,17,21H,16H2,1-2H3;1-5H;/q-1;-5;/t21-;;/m1../s1. The molecule has 0 amide bonds. The predicted molar refractivity (Wildman–Crippen MR) is 134 cm³/mol. The summed E-state index contributed by atoms with van der Waals surface area (Å²) in [6.45, 7) is 5.09. The first-order chi connectivity index (χ1) is 15.2. The molecular formula is C28H28FeNOP-6. The van der Waals surface area contributed by atoms with Crippen molar-refractivity contribution < 1.29 is 21.8 Å². The van der Waals surface area contributed by atoms with Gasteiger partial charge in [0.05, 0.1) is 6.04 Å². The fourth-order valence-electron chi connectivity index (χ4n) is 3.57. The van der Waals surface area contributed by atoms with Crippen LogP contribution in [0.3, 0.4) is 0 Å². The van der Waals surface area contributed by atoms with Crippen molar-refractivity contribution in [3.05, 3.63) is 115 Å². The van der Waals surface area contributed by atoms with Crippen molar-refractivity contribution in [1.29, 1.82) is 0 Å². The van der Waals surface area contributed by atoms with Crippen molar-refractivity contribution >= 4 is 29.7 Å². The summed E-state index contributed by atoms with van der Waals surface area (Å²) >= 11 is 0. The maximum atomic E-state index is 5.99. The molecule has 0 N–H and O–H groups in total. The van der Waals surface area contributed by atoms with Gasteiger partial charge < -0.3 is 35.1 Å². The van der Waals surface area contributed by atoms with Crippen molar-refractivity contribution in [3.63, 3.8) is 0 Å². The molecule has 1 aliphatic rings. The Morgan fingerprint density at radius 3 is 1.84 bits per heavy atom. The first-order valence-corrected chi connectivity index (χ1v) is 12.1. The van der Waals surface area contributed by atoms with E-state index in [2.05, 4.69) is 92.7 Å². The van der Waals surface area contributed by atoms with E-state index in [0.717, 1.165) is 11.5 Å². The molecule has 2 nitrogen and oxygen atoms in total. The van der Waals surface area contributed by atoms with E-state index in [-0.39, 0.29) is 23.1 Å². The minimum absolute atomic E-state index is 0. The van der Waals surface area contributed by atoms with Crippen LogP contribution in [-0.2, 0) is 21.8 Å². The first-order valence-electron chi connectivity index (χ1n) is 10.8. The SMILES string of the molecule is CC(C)[C@H]1COC([c-]2cccc2P(c2ccccc2)c2ccccc2)=N1.[Fe].[cH-]1[cH-][cH-][cH-][cH-]1. The third-order valence-electron chi connectivity index (χ3n) is 5.29. The van der Waals surface area contributed by atoms with Gasteiger partial charge in [-0.1, -0.05) is 80.1 Å². The predicted octanol–water partition coefficient (Wildman–Crippen LogP) is 5.37. The summed E-state index contributed by atoms with van der Waals surface area (Å²) in [6, 6.07) is 38.3. The molecule has 4 aromatic rings. The molecule has 1 heterocycles. The molecule has 0 spiro atoms. The van der Waals surface area contributed by atoms with Gasteiger partial charge in [-0.25, -0.2) is 12.1 Å². The normalized spacial score (nSPS) is 14.9. The van der Waals surface area contributed by atoms with Crippen molar-refractivity contribution in [2.75, 3.05) is 6.61 Å². The molecule has 0 saturated heterocycles. The van der Waals surface area contributed by atoms with E-state index < -0.39 is 7.92 Å². The maximum Gasteiger partial charge on any atom is 0.157 e. The second-order valence-electron chi connectivity index (χ2n) is 7.85. The van der Waals surface area contributed by atoms with E-state index in [1.807, 2.05) is 30.3 Å². The number of hydrogen-bond donors (Lipinski definition) is 0. The fraction of sp³-hybridized carbons (Fsp3) is 0.179. The van der Waals surface area contributed by atoms with Crippen molar-refractivity contribution in [2.45, 2.75) is 19.9 Å². The molecule has 5 rings (SSSR count). The van der Waals surface area contributed by atoms with Crippen molar-refractivity contribution in [1.82, 2.24) is 0 Å². The molecule has 1 aliphatic heterocycles. The van der Waals surface area contributed by atoms with Crippen LogP contribution in [0.2, 0.25) is 0 Å². The van der Waals surface area contributed by atoms with Gasteiger partial charge >= 0.3 is 0 Å². The first kappa shape index (κ1) is 24.2. The largest absolute Gasteiger partial charge is 0.748 e. The summed E-state index contributed by atoms with van der Waals surface area (Å²) in [5, 5.41) is 4.01. The van der Waals surface area contributed by atoms with E-state index in [0.29, 0.717) is 12.5 Å². The Morgan fingerprint density at radius 1 is 0.844 bits per heavy atom. The monoisotopic (exact) mass is 481 g/mol. The van der Waals surface area contributed by atoms with E-state index in [1.54, 1.807) is 0 Å². The van der Waals surface area contributed by atoms with Crippen LogP contribution in [0.15, 0.2) is 114 Å². The summed E-state index contributed by atoms with van der Waals surface area (Å²) in [5.74, 6) is 1.30. The summed E-state index contributed by atoms with van der Waals surface area (Å²) < 4.78 is 5.99. The van der Waals surface area contributed by atoms with Crippen LogP contribution in [-0.4, -0.2) is 18.5 Å². The number of nitrogens with zero attached hydrogens (tertiary/aromatic N) is 1. The topological polar surface area (TPSA) is 21.6 Å². The van der Waals surface area contributed by atoms with Crippen LogP contribution < -0.4 is 15.9 Å². The average Bonchev–Trinajstić information content (AvgIpc) is 3.58. The van der Waals surface area contributed by atoms with Crippen LogP contribution in [0.4, 0.5) is 0 Å². The van der Waals surface area contributed by atoms with Gasteiger partial charge in [0.15, 0.2) is 5.90 Å². The molecule has 170 valence electrons. The quantitative estimate of drug-likeness (QED) is 0.214. The Bertz CT molecular complexity index is 1010. The zero-order chi connectivity index (χ0) is 21.5. The van der Waals surface area contributed by atoms with Crippen LogP contribution in [0.1, 0.15) is 19.4 Å². The van der Waals surface area contributed by atoms with E-state index >= 15 is 0 Å². The van der Waals surface area contributed by atoms with Crippen LogP contribution in [0.5, 0.6) is 0 Å².